The van der Waals surface area contributed by atoms with Crippen LogP contribution in [0, 0.1) is 0 Å². The molecule has 1 amide bonds. The van der Waals surface area contributed by atoms with Crippen molar-refractivity contribution in [3.63, 3.8) is 0 Å². The quantitative estimate of drug-likeness (QED) is 0.802. The first-order chi connectivity index (χ1) is 9.61. The second kappa shape index (κ2) is 6.58. The number of benzene rings is 1. The van der Waals surface area contributed by atoms with Gasteiger partial charge < -0.3 is 20.5 Å². The molecule has 1 aliphatic heterocycles. The number of methoxy groups -OCH3 is 1. The van der Waals surface area contributed by atoms with Crippen LogP contribution in [0.4, 0.5) is 11.4 Å². The molecule has 110 valence electrons. The van der Waals surface area contributed by atoms with E-state index in [0.29, 0.717) is 30.3 Å². The van der Waals surface area contributed by atoms with Crippen LogP contribution in [0.5, 0.6) is 5.75 Å². The largest absolute Gasteiger partial charge is 0.494 e. The summed E-state index contributed by atoms with van der Waals surface area (Å²) >= 11 is 0. The van der Waals surface area contributed by atoms with Gasteiger partial charge in [-0.3, -0.25) is 9.69 Å². The van der Waals surface area contributed by atoms with E-state index < -0.39 is 0 Å². The summed E-state index contributed by atoms with van der Waals surface area (Å²) < 4.78 is 10.5. The van der Waals surface area contributed by atoms with Crippen LogP contribution in [-0.4, -0.2) is 50.3 Å². The van der Waals surface area contributed by atoms with Gasteiger partial charge in [0.05, 0.1) is 32.1 Å². The first-order valence-electron chi connectivity index (χ1n) is 6.68. The fourth-order valence-electron chi connectivity index (χ4n) is 2.18. The van der Waals surface area contributed by atoms with Gasteiger partial charge in [0.1, 0.15) is 5.75 Å². The summed E-state index contributed by atoms with van der Waals surface area (Å²) in [4.78, 5) is 14.4. The molecule has 6 nitrogen and oxygen atoms in total. The molecule has 3 N–H and O–H groups in total. The number of carbonyl (C=O) groups is 1. The number of carbonyl (C=O) groups excluding carboxylic acids is 1. The molecule has 0 spiro atoms. The van der Waals surface area contributed by atoms with E-state index in [1.807, 2.05) is 6.92 Å². The number of nitrogen functional groups attached to an aromatic ring is 1. The number of amides is 1. The third kappa shape index (κ3) is 3.40. The van der Waals surface area contributed by atoms with E-state index in [1.54, 1.807) is 25.3 Å². The molecule has 1 unspecified atom stereocenters. The van der Waals surface area contributed by atoms with Gasteiger partial charge in [-0.05, 0) is 19.1 Å². The Labute approximate surface area is 118 Å². The summed E-state index contributed by atoms with van der Waals surface area (Å²) in [6.45, 7) is 4.77. The molecule has 1 fully saturated rings. The highest BCUT2D eigenvalue weighted by atomic mass is 16.5. The van der Waals surface area contributed by atoms with Crippen molar-refractivity contribution < 1.29 is 14.3 Å². The number of morpholine rings is 1. The van der Waals surface area contributed by atoms with Gasteiger partial charge in [-0.25, -0.2) is 0 Å². The molecular formula is C14H21N3O3. The molecule has 0 aromatic heterocycles. The standard InChI is InChI=1S/C14H21N3O3/c1-10(17-5-7-20-8-6-17)14(18)16-12-4-3-11(15)9-13(12)19-2/h3-4,9-10H,5-8,15H2,1-2H3,(H,16,18). The summed E-state index contributed by atoms with van der Waals surface area (Å²) in [6, 6.07) is 4.96. The Morgan fingerprint density at radius 2 is 2.15 bits per heavy atom. The number of nitrogens with one attached hydrogen (secondary N) is 1. The zero-order valence-electron chi connectivity index (χ0n) is 11.9. The van der Waals surface area contributed by atoms with E-state index in [9.17, 15) is 4.79 Å². The van der Waals surface area contributed by atoms with Crippen LogP contribution >= 0.6 is 0 Å². The maximum Gasteiger partial charge on any atom is 0.241 e. The third-order valence-corrected chi connectivity index (χ3v) is 3.46. The Kier molecular flexibility index (Phi) is 4.81. The molecule has 0 aliphatic carbocycles. The summed E-state index contributed by atoms with van der Waals surface area (Å²) in [6.07, 6.45) is 0. The van der Waals surface area contributed by atoms with Gasteiger partial charge in [0, 0.05) is 24.8 Å². The number of ether oxygens (including phenoxy) is 2. The van der Waals surface area contributed by atoms with Gasteiger partial charge in [0.25, 0.3) is 0 Å². The van der Waals surface area contributed by atoms with E-state index in [4.69, 9.17) is 15.2 Å². The molecular weight excluding hydrogens is 258 g/mol. The molecule has 1 aromatic rings. The topological polar surface area (TPSA) is 76.8 Å². The molecule has 0 radical (unpaired) electrons. The molecule has 20 heavy (non-hydrogen) atoms. The molecule has 6 heteroatoms. The van der Waals surface area contributed by atoms with Crippen molar-refractivity contribution in [1.29, 1.82) is 0 Å². The molecule has 1 atom stereocenters. The predicted octanol–water partition coefficient (Wildman–Crippen LogP) is 0.937. The van der Waals surface area contributed by atoms with Crippen LogP contribution in [0.2, 0.25) is 0 Å². The highest BCUT2D eigenvalue weighted by molar-refractivity contribution is 5.96. The van der Waals surface area contributed by atoms with E-state index >= 15 is 0 Å². The summed E-state index contributed by atoms with van der Waals surface area (Å²) in [5.74, 6) is 0.502. The van der Waals surface area contributed by atoms with Gasteiger partial charge in [-0.2, -0.15) is 0 Å². The molecule has 1 saturated heterocycles. The van der Waals surface area contributed by atoms with E-state index in [1.165, 1.54) is 0 Å². The van der Waals surface area contributed by atoms with E-state index in [-0.39, 0.29) is 11.9 Å². The van der Waals surface area contributed by atoms with Crippen molar-refractivity contribution in [2.75, 3.05) is 44.5 Å². The molecule has 1 heterocycles. The molecule has 1 aliphatic rings. The Morgan fingerprint density at radius 1 is 1.45 bits per heavy atom. The lowest BCUT2D eigenvalue weighted by Gasteiger charge is -2.31. The molecule has 0 saturated carbocycles. The molecule has 0 bridgehead atoms. The van der Waals surface area contributed by atoms with Gasteiger partial charge in [-0.15, -0.1) is 0 Å². The van der Waals surface area contributed by atoms with E-state index in [2.05, 4.69) is 10.2 Å². The van der Waals surface area contributed by atoms with E-state index in [0.717, 1.165) is 13.1 Å². The van der Waals surface area contributed by atoms with Crippen molar-refractivity contribution in [3.8, 4) is 5.75 Å². The highest BCUT2D eigenvalue weighted by Gasteiger charge is 2.23. The van der Waals surface area contributed by atoms with Crippen LogP contribution in [0.1, 0.15) is 6.92 Å². The van der Waals surface area contributed by atoms with Crippen LogP contribution in [0.15, 0.2) is 18.2 Å². The van der Waals surface area contributed by atoms with Crippen molar-refractivity contribution in [2.24, 2.45) is 0 Å². The second-order valence-electron chi connectivity index (χ2n) is 4.77. The Hall–Kier alpha value is -1.79. The lowest BCUT2D eigenvalue weighted by molar-refractivity contribution is -0.122. The van der Waals surface area contributed by atoms with Gasteiger partial charge >= 0.3 is 0 Å². The van der Waals surface area contributed by atoms with Crippen LogP contribution in [-0.2, 0) is 9.53 Å². The van der Waals surface area contributed by atoms with Crippen molar-refractivity contribution >= 4 is 17.3 Å². The maximum absolute atomic E-state index is 12.3. The predicted molar refractivity (Wildman–Crippen MR) is 77.9 cm³/mol. The lowest BCUT2D eigenvalue weighted by atomic mass is 10.2. The lowest BCUT2D eigenvalue weighted by Crippen LogP contribution is -2.47. The first-order valence-corrected chi connectivity index (χ1v) is 6.68. The number of hydrogen-bond donors (Lipinski definition) is 2. The SMILES string of the molecule is COc1cc(N)ccc1NC(=O)C(C)N1CCOCC1. The van der Waals surface area contributed by atoms with Crippen LogP contribution in [0.25, 0.3) is 0 Å². The maximum atomic E-state index is 12.3. The van der Waals surface area contributed by atoms with Crippen molar-refractivity contribution in [1.82, 2.24) is 4.90 Å². The fourth-order valence-corrected chi connectivity index (χ4v) is 2.18. The Bertz CT molecular complexity index is 473. The fraction of sp³-hybridized carbons (Fsp3) is 0.500. The third-order valence-electron chi connectivity index (χ3n) is 3.46. The number of nitrogens with two attached hydrogens (primary N) is 1. The number of rotatable bonds is 4. The smallest absolute Gasteiger partial charge is 0.241 e. The van der Waals surface area contributed by atoms with Crippen molar-refractivity contribution in [3.05, 3.63) is 18.2 Å². The van der Waals surface area contributed by atoms with Gasteiger partial charge in [0.2, 0.25) is 5.91 Å². The number of anilines is 2. The Balaban J connectivity index is 2.03. The van der Waals surface area contributed by atoms with Crippen molar-refractivity contribution in [2.45, 2.75) is 13.0 Å². The van der Waals surface area contributed by atoms with Crippen LogP contribution in [0.3, 0.4) is 0 Å². The zero-order valence-corrected chi connectivity index (χ0v) is 11.9. The minimum Gasteiger partial charge on any atom is -0.494 e. The zero-order chi connectivity index (χ0) is 14.5. The molecule has 2 rings (SSSR count). The Morgan fingerprint density at radius 3 is 2.80 bits per heavy atom. The number of hydrogen-bond acceptors (Lipinski definition) is 5. The highest BCUT2D eigenvalue weighted by Crippen LogP contribution is 2.26. The summed E-state index contributed by atoms with van der Waals surface area (Å²) in [5, 5.41) is 2.88. The van der Waals surface area contributed by atoms with Crippen LogP contribution < -0.4 is 15.8 Å². The molecule has 1 aromatic carbocycles. The summed E-state index contributed by atoms with van der Waals surface area (Å²) in [7, 11) is 1.55. The van der Waals surface area contributed by atoms with Gasteiger partial charge in [0.15, 0.2) is 0 Å². The summed E-state index contributed by atoms with van der Waals surface area (Å²) in [5.41, 5.74) is 6.93. The van der Waals surface area contributed by atoms with Gasteiger partial charge in [-0.1, -0.05) is 0 Å². The first kappa shape index (κ1) is 14.6. The monoisotopic (exact) mass is 279 g/mol. The normalized spacial score (nSPS) is 17.5. The average Bonchev–Trinajstić information content (AvgIpc) is 2.49. The number of nitrogens with zero attached hydrogens (tertiary/aromatic N) is 1. The minimum atomic E-state index is -0.207. The average molecular weight is 279 g/mol. The minimum absolute atomic E-state index is 0.0602. The second-order valence-corrected chi connectivity index (χ2v) is 4.77.